The molecule has 7 heteroatoms. The Morgan fingerprint density at radius 1 is 1.17 bits per heavy atom. The zero-order chi connectivity index (χ0) is 16.4. The Balaban J connectivity index is 1.79. The van der Waals surface area contributed by atoms with E-state index in [0.717, 1.165) is 15.2 Å². The van der Waals surface area contributed by atoms with Crippen molar-refractivity contribution >= 4 is 54.8 Å². The van der Waals surface area contributed by atoms with Crippen molar-refractivity contribution < 1.29 is 14.3 Å². The highest BCUT2D eigenvalue weighted by Crippen LogP contribution is 2.26. The molecule has 3 rings (SSSR count). The molecule has 1 aromatic heterocycles. The van der Waals surface area contributed by atoms with Gasteiger partial charge in [0, 0.05) is 6.07 Å². The van der Waals surface area contributed by atoms with Gasteiger partial charge in [0.2, 0.25) is 0 Å². The molecule has 0 saturated carbocycles. The molecule has 23 heavy (non-hydrogen) atoms. The molecule has 0 bridgehead atoms. The van der Waals surface area contributed by atoms with Gasteiger partial charge in [-0.15, -0.1) is 0 Å². The Labute approximate surface area is 148 Å². The van der Waals surface area contributed by atoms with Crippen LogP contribution in [0.25, 0.3) is 10.8 Å². The van der Waals surface area contributed by atoms with Crippen molar-refractivity contribution in [2.45, 2.75) is 0 Å². The molecule has 1 heterocycles. The van der Waals surface area contributed by atoms with Gasteiger partial charge in [-0.25, -0.2) is 5.43 Å². The van der Waals surface area contributed by atoms with E-state index in [1.165, 1.54) is 6.21 Å². The van der Waals surface area contributed by atoms with E-state index in [9.17, 15) is 9.90 Å². The quantitative estimate of drug-likeness (QED) is 0.470. The smallest absolute Gasteiger partial charge is 0.275 e. The van der Waals surface area contributed by atoms with Crippen LogP contribution < -0.4 is 5.43 Å². The number of nitrogens with zero attached hydrogens (tertiary/aromatic N) is 1. The van der Waals surface area contributed by atoms with Gasteiger partial charge < -0.3 is 9.52 Å². The van der Waals surface area contributed by atoms with Crippen molar-refractivity contribution in [3.63, 3.8) is 0 Å². The Morgan fingerprint density at radius 2 is 1.87 bits per heavy atom. The number of hydrogen-bond acceptors (Lipinski definition) is 4. The van der Waals surface area contributed by atoms with Crippen LogP contribution in [0.2, 0.25) is 0 Å². The first kappa shape index (κ1) is 15.8. The molecular weight excluding hydrogens is 428 g/mol. The molecule has 3 aromatic rings. The fraction of sp³-hybridized carbons (Fsp3) is 0. The highest BCUT2D eigenvalue weighted by atomic mass is 79.9. The number of aromatic hydroxyl groups is 1. The molecule has 0 aliphatic carbocycles. The highest BCUT2D eigenvalue weighted by Gasteiger charge is 2.12. The molecule has 0 unspecified atom stereocenters. The topological polar surface area (TPSA) is 74.8 Å². The van der Waals surface area contributed by atoms with Crippen LogP contribution in [0.1, 0.15) is 16.1 Å². The van der Waals surface area contributed by atoms with Gasteiger partial charge in [0.25, 0.3) is 5.91 Å². The number of benzene rings is 2. The van der Waals surface area contributed by atoms with Gasteiger partial charge in [-0.05, 0) is 54.8 Å². The van der Waals surface area contributed by atoms with E-state index in [1.807, 2.05) is 24.3 Å². The van der Waals surface area contributed by atoms with E-state index < -0.39 is 5.91 Å². The van der Waals surface area contributed by atoms with Gasteiger partial charge >= 0.3 is 0 Å². The maximum Gasteiger partial charge on any atom is 0.275 e. The molecule has 0 atom stereocenters. The lowest BCUT2D eigenvalue weighted by molar-refractivity contribution is 0.0952. The minimum atomic E-state index is -0.505. The number of fused-ring (bicyclic) bond motifs is 1. The van der Waals surface area contributed by atoms with Gasteiger partial charge in [-0.2, -0.15) is 5.10 Å². The van der Waals surface area contributed by atoms with Crippen molar-refractivity contribution in [1.29, 1.82) is 0 Å². The summed E-state index contributed by atoms with van der Waals surface area (Å²) < 4.78 is 6.59. The van der Waals surface area contributed by atoms with Crippen molar-refractivity contribution in [2.75, 3.05) is 0 Å². The standard InChI is InChI=1S/C16H10Br2N2O3/c17-13-7-11(23-15(13)18)8-19-20-16(22)12-5-9-3-1-2-4-10(9)6-14(12)21/h1-8,21H,(H,20,22)/b19-8-. The zero-order valence-electron chi connectivity index (χ0n) is 11.6. The lowest BCUT2D eigenvalue weighted by Gasteiger charge is -2.05. The third-order valence-corrected chi connectivity index (χ3v) is 4.84. The number of nitrogens with one attached hydrogen (secondary N) is 1. The molecule has 116 valence electrons. The van der Waals surface area contributed by atoms with Gasteiger partial charge in [-0.1, -0.05) is 24.3 Å². The summed E-state index contributed by atoms with van der Waals surface area (Å²) >= 11 is 6.49. The number of amides is 1. The van der Waals surface area contributed by atoms with Crippen LogP contribution in [-0.4, -0.2) is 17.2 Å². The van der Waals surface area contributed by atoms with Crippen LogP contribution in [0.4, 0.5) is 0 Å². The van der Waals surface area contributed by atoms with Crippen LogP contribution in [-0.2, 0) is 0 Å². The summed E-state index contributed by atoms with van der Waals surface area (Å²) in [6, 6.07) is 12.3. The lowest BCUT2D eigenvalue weighted by atomic mass is 10.1. The summed E-state index contributed by atoms with van der Waals surface area (Å²) in [5.41, 5.74) is 2.52. The number of carbonyl (C=O) groups is 1. The third kappa shape index (κ3) is 3.46. The first-order chi connectivity index (χ1) is 11.0. The molecule has 0 aliphatic heterocycles. The zero-order valence-corrected chi connectivity index (χ0v) is 14.8. The molecule has 2 N–H and O–H groups in total. The van der Waals surface area contributed by atoms with Crippen LogP contribution >= 0.6 is 31.9 Å². The van der Waals surface area contributed by atoms with E-state index in [0.29, 0.717) is 10.4 Å². The van der Waals surface area contributed by atoms with Crippen LogP contribution in [0.15, 0.2) is 61.1 Å². The minimum Gasteiger partial charge on any atom is -0.507 e. The number of furan rings is 1. The summed E-state index contributed by atoms with van der Waals surface area (Å²) in [6.07, 6.45) is 1.37. The highest BCUT2D eigenvalue weighted by molar-refractivity contribution is 9.13. The van der Waals surface area contributed by atoms with Crippen molar-refractivity contribution in [2.24, 2.45) is 5.10 Å². The van der Waals surface area contributed by atoms with E-state index in [-0.39, 0.29) is 11.3 Å². The molecule has 0 fully saturated rings. The van der Waals surface area contributed by atoms with E-state index in [1.54, 1.807) is 18.2 Å². The fourth-order valence-electron chi connectivity index (χ4n) is 2.05. The minimum absolute atomic E-state index is 0.0973. The van der Waals surface area contributed by atoms with Crippen molar-refractivity contribution in [1.82, 2.24) is 5.43 Å². The van der Waals surface area contributed by atoms with Gasteiger partial charge in [-0.3, -0.25) is 4.79 Å². The first-order valence-electron chi connectivity index (χ1n) is 6.54. The number of phenols is 1. The van der Waals surface area contributed by atoms with E-state index in [4.69, 9.17) is 4.42 Å². The molecular formula is C16H10Br2N2O3. The molecule has 0 spiro atoms. The second-order valence-electron chi connectivity index (χ2n) is 4.69. The largest absolute Gasteiger partial charge is 0.507 e. The SMILES string of the molecule is O=C(N/N=C\c1cc(Br)c(Br)o1)c1cc2ccccc2cc1O. The molecule has 1 amide bonds. The van der Waals surface area contributed by atoms with Crippen molar-refractivity contribution in [3.8, 4) is 5.75 Å². The predicted octanol–water partition coefficient (Wildman–Crippen LogP) is 4.43. The number of hydrazone groups is 1. The first-order valence-corrected chi connectivity index (χ1v) is 8.13. The number of phenolic OH excluding ortho intramolecular Hbond substituents is 1. The monoisotopic (exact) mass is 436 g/mol. The average molecular weight is 438 g/mol. The fourth-order valence-corrected chi connectivity index (χ4v) is 2.66. The lowest BCUT2D eigenvalue weighted by Crippen LogP contribution is -2.17. The van der Waals surface area contributed by atoms with Crippen LogP contribution in [0, 0.1) is 0 Å². The summed E-state index contributed by atoms with van der Waals surface area (Å²) in [4.78, 5) is 12.1. The predicted molar refractivity (Wildman–Crippen MR) is 94.8 cm³/mol. The van der Waals surface area contributed by atoms with Crippen molar-refractivity contribution in [3.05, 3.63) is 62.9 Å². The molecule has 0 saturated heterocycles. The number of hydrogen-bond donors (Lipinski definition) is 2. The molecule has 2 aromatic carbocycles. The van der Waals surface area contributed by atoms with E-state index in [2.05, 4.69) is 42.4 Å². The Morgan fingerprint density at radius 3 is 2.52 bits per heavy atom. The Kier molecular flexibility index (Phi) is 4.49. The van der Waals surface area contributed by atoms with Gasteiger partial charge in [0.15, 0.2) is 4.67 Å². The summed E-state index contributed by atoms with van der Waals surface area (Å²) in [5, 5.41) is 15.5. The van der Waals surface area contributed by atoms with Crippen LogP contribution in [0.3, 0.4) is 0 Å². The Bertz CT molecular complexity index is 899. The maximum absolute atomic E-state index is 12.1. The Hall–Kier alpha value is -2.12. The van der Waals surface area contributed by atoms with Gasteiger partial charge in [0.05, 0.1) is 16.3 Å². The summed E-state index contributed by atoms with van der Waals surface area (Å²) in [7, 11) is 0. The summed E-state index contributed by atoms with van der Waals surface area (Å²) in [5.74, 6) is -0.138. The second kappa shape index (κ2) is 6.55. The average Bonchev–Trinajstić information content (AvgIpc) is 2.84. The number of halogens is 2. The molecule has 0 radical (unpaired) electrons. The molecule has 0 aliphatic rings. The normalized spacial score (nSPS) is 11.2. The summed E-state index contributed by atoms with van der Waals surface area (Å²) in [6.45, 7) is 0. The molecule has 5 nitrogen and oxygen atoms in total. The van der Waals surface area contributed by atoms with Crippen LogP contribution in [0.5, 0.6) is 5.75 Å². The number of rotatable bonds is 3. The van der Waals surface area contributed by atoms with Gasteiger partial charge in [0.1, 0.15) is 11.5 Å². The second-order valence-corrected chi connectivity index (χ2v) is 6.26. The number of carbonyl (C=O) groups excluding carboxylic acids is 1. The van der Waals surface area contributed by atoms with E-state index >= 15 is 0 Å². The third-order valence-electron chi connectivity index (χ3n) is 3.13. The maximum atomic E-state index is 12.1.